The molecule has 1 atom stereocenters. The number of nitrogens with zero attached hydrogens (tertiary/aromatic N) is 1. The molecule has 1 amide bonds. The number of rotatable bonds is 2. The zero-order valence-corrected chi connectivity index (χ0v) is 11.1. The minimum Gasteiger partial charge on any atom is -0.437 e. The van der Waals surface area contributed by atoms with Crippen molar-refractivity contribution >= 4 is 12.0 Å². The molecule has 0 bridgehead atoms. The molecular weight excluding hydrogens is 259 g/mol. The Kier molecular flexibility index (Phi) is 2.89. The Bertz CT molecular complexity index is 791. The number of carbonyl (C=O) groups excluding carboxylic acids is 1. The third-order valence-corrected chi connectivity index (χ3v) is 3.21. The van der Waals surface area contributed by atoms with E-state index >= 15 is 0 Å². The fourth-order valence-corrected chi connectivity index (χ4v) is 2.30. The van der Waals surface area contributed by atoms with Gasteiger partial charge in [0, 0.05) is 12.6 Å². The standard InChI is InChI=1S/C15H13FN2O2/c1-8-7-11-12(14(19)17-2)13(20-15(11)18-8)9-3-5-10(16)6-4-9/h3-8H,1-2H3,(H,17,19). The van der Waals surface area contributed by atoms with Gasteiger partial charge in [-0.3, -0.25) is 4.79 Å². The SMILES string of the molecule is CNC(=O)c1c(-c2ccc(F)cc2)oc2c1=CC(C)N=2. The smallest absolute Gasteiger partial charge is 0.255 e. The van der Waals surface area contributed by atoms with Crippen LogP contribution in [-0.4, -0.2) is 19.0 Å². The molecule has 2 aromatic rings. The molecule has 1 unspecified atom stereocenters. The second-order valence-electron chi connectivity index (χ2n) is 4.65. The van der Waals surface area contributed by atoms with Gasteiger partial charge in [-0.25, -0.2) is 9.38 Å². The molecule has 1 aliphatic rings. The topological polar surface area (TPSA) is 54.6 Å². The van der Waals surface area contributed by atoms with Crippen LogP contribution in [0.5, 0.6) is 0 Å². The van der Waals surface area contributed by atoms with Crippen LogP contribution in [0.15, 0.2) is 33.7 Å². The van der Waals surface area contributed by atoms with Crippen molar-refractivity contribution in [3.8, 4) is 11.3 Å². The maximum atomic E-state index is 13.0. The second kappa shape index (κ2) is 4.59. The van der Waals surface area contributed by atoms with Crippen molar-refractivity contribution in [2.45, 2.75) is 13.0 Å². The van der Waals surface area contributed by atoms with Crippen molar-refractivity contribution in [3.63, 3.8) is 0 Å². The highest BCUT2D eigenvalue weighted by atomic mass is 19.1. The summed E-state index contributed by atoms with van der Waals surface area (Å²) >= 11 is 0. The summed E-state index contributed by atoms with van der Waals surface area (Å²) in [6, 6.07) is 5.83. The van der Waals surface area contributed by atoms with E-state index < -0.39 is 0 Å². The Morgan fingerprint density at radius 2 is 2.05 bits per heavy atom. The largest absolute Gasteiger partial charge is 0.437 e. The number of halogens is 1. The highest BCUT2D eigenvalue weighted by molar-refractivity contribution is 6.00. The predicted octanol–water partition coefficient (Wildman–Crippen LogP) is 1.25. The number of fused-ring (bicyclic) bond motifs is 1. The molecule has 2 heterocycles. The van der Waals surface area contributed by atoms with Crippen LogP contribution in [0.1, 0.15) is 17.3 Å². The van der Waals surface area contributed by atoms with E-state index in [0.717, 1.165) is 0 Å². The van der Waals surface area contributed by atoms with Gasteiger partial charge in [-0.1, -0.05) is 0 Å². The van der Waals surface area contributed by atoms with E-state index in [2.05, 4.69) is 10.3 Å². The van der Waals surface area contributed by atoms with Gasteiger partial charge in [0.05, 0.1) is 16.8 Å². The summed E-state index contributed by atoms with van der Waals surface area (Å²) in [7, 11) is 1.56. The molecule has 5 heteroatoms. The third-order valence-electron chi connectivity index (χ3n) is 3.21. The number of benzene rings is 1. The number of carbonyl (C=O) groups is 1. The Labute approximate surface area is 114 Å². The summed E-state index contributed by atoms with van der Waals surface area (Å²) in [6.45, 7) is 1.92. The molecule has 0 fully saturated rings. The fourth-order valence-electron chi connectivity index (χ4n) is 2.30. The maximum absolute atomic E-state index is 13.0. The predicted molar refractivity (Wildman–Crippen MR) is 72.2 cm³/mol. The van der Waals surface area contributed by atoms with Gasteiger partial charge >= 0.3 is 0 Å². The average molecular weight is 272 g/mol. The first kappa shape index (κ1) is 12.6. The zero-order chi connectivity index (χ0) is 14.3. The Balaban J connectivity index is 2.26. The molecule has 3 rings (SSSR count). The lowest BCUT2D eigenvalue weighted by atomic mass is 10.1. The number of hydrogen-bond donors (Lipinski definition) is 1. The molecule has 0 spiro atoms. The lowest BCUT2D eigenvalue weighted by Crippen LogP contribution is -2.28. The van der Waals surface area contributed by atoms with Gasteiger partial charge in [-0.05, 0) is 37.3 Å². The van der Waals surface area contributed by atoms with Gasteiger partial charge in [-0.2, -0.15) is 0 Å². The molecule has 0 saturated carbocycles. The highest BCUT2D eigenvalue weighted by Gasteiger charge is 2.23. The zero-order valence-electron chi connectivity index (χ0n) is 11.1. The van der Waals surface area contributed by atoms with Crippen LogP contribution < -0.4 is 16.1 Å². The molecular formula is C15H13FN2O2. The quantitative estimate of drug-likeness (QED) is 0.894. The minimum absolute atomic E-state index is 0.00516. The lowest BCUT2D eigenvalue weighted by Gasteiger charge is -2.02. The summed E-state index contributed by atoms with van der Waals surface area (Å²) in [4.78, 5) is 16.4. The second-order valence-corrected chi connectivity index (χ2v) is 4.65. The van der Waals surface area contributed by atoms with E-state index in [1.54, 1.807) is 19.2 Å². The van der Waals surface area contributed by atoms with Crippen LogP contribution in [0.4, 0.5) is 4.39 Å². The molecule has 0 radical (unpaired) electrons. The normalized spacial score (nSPS) is 16.2. The van der Waals surface area contributed by atoms with Crippen LogP contribution in [0, 0.1) is 5.82 Å². The maximum Gasteiger partial charge on any atom is 0.255 e. The van der Waals surface area contributed by atoms with Gasteiger partial charge in [0.25, 0.3) is 5.91 Å². The third kappa shape index (κ3) is 1.91. The molecule has 1 aromatic carbocycles. The number of hydrogen-bond acceptors (Lipinski definition) is 3. The van der Waals surface area contributed by atoms with E-state index in [0.29, 0.717) is 27.7 Å². The minimum atomic E-state index is -0.334. The van der Waals surface area contributed by atoms with Gasteiger partial charge in [0.1, 0.15) is 11.6 Å². The molecule has 0 saturated heterocycles. The van der Waals surface area contributed by atoms with Gasteiger partial charge in [0.15, 0.2) is 0 Å². The summed E-state index contributed by atoms with van der Waals surface area (Å²) in [5, 5.41) is 3.30. The molecule has 1 aliphatic heterocycles. The lowest BCUT2D eigenvalue weighted by molar-refractivity contribution is 0.0962. The molecule has 1 aromatic heterocycles. The first-order chi connectivity index (χ1) is 9.60. The van der Waals surface area contributed by atoms with E-state index in [1.807, 2.05) is 13.0 Å². The summed E-state index contributed by atoms with van der Waals surface area (Å²) in [5.74, 6) is -0.157. The number of furan rings is 1. The summed E-state index contributed by atoms with van der Waals surface area (Å²) < 4.78 is 18.7. The van der Waals surface area contributed by atoms with E-state index in [-0.39, 0.29) is 17.8 Å². The molecule has 1 N–H and O–H groups in total. The summed E-state index contributed by atoms with van der Waals surface area (Å²) in [6.07, 6.45) is 1.89. The van der Waals surface area contributed by atoms with Crippen molar-refractivity contribution in [2.24, 2.45) is 4.99 Å². The van der Waals surface area contributed by atoms with Crippen molar-refractivity contribution in [1.29, 1.82) is 0 Å². The van der Waals surface area contributed by atoms with Crippen LogP contribution in [0.2, 0.25) is 0 Å². The molecule has 4 nitrogen and oxygen atoms in total. The fraction of sp³-hybridized carbons (Fsp3) is 0.200. The monoisotopic (exact) mass is 272 g/mol. The molecule has 0 aliphatic carbocycles. The molecule has 102 valence electrons. The van der Waals surface area contributed by atoms with Crippen molar-refractivity contribution in [2.75, 3.05) is 7.05 Å². The van der Waals surface area contributed by atoms with Gasteiger partial charge in [-0.15, -0.1) is 0 Å². The Hall–Kier alpha value is -2.43. The van der Waals surface area contributed by atoms with Gasteiger partial charge in [0.2, 0.25) is 5.55 Å². The number of nitrogens with one attached hydrogen (secondary N) is 1. The average Bonchev–Trinajstić information content (AvgIpc) is 2.94. The van der Waals surface area contributed by atoms with Crippen molar-refractivity contribution in [1.82, 2.24) is 5.32 Å². The highest BCUT2D eigenvalue weighted by Crippen LogP contribution is 2.22. The summed E-state index contributed by atoms with van der Waals surface area (Å²) in [5.41, 5.74) is 1.55. The Morgan fingerprint density at radius 1 is 1.35 bits per heavy atom. The van der Waals surface area contributed by atoms with Crippen LogP contribution in [0.3, 0.4) is 0 Å². The first-order valence-corrected chi connectivity index (χ1v) is 6.30. The van der Waals surface area contributed by atoms with E-state index in [1.165, 1.54) is 12.1 Å². The van der Waals surface area contributed by atoms with Crippen LogP contribution >= 0.6 is 0 Å². The van der Waals surface area contributed by atoms with E-state index in [4.69, 9.17) is 4.42 Å². The first-order valence-electron chi connectivity index (χ1n) is 6.30. The van der Waals surface area contributed by atoms with E-state index in [9.17, 15) is 9.18 Å². The van der Waals surface area contributed by atoms with Gasteiger partial charge < -0.3 is 9.73 Å². The van der Waals surface area contributed by atoms with Crippen LogP contribution in [-0.2, 0) is 0 Å². The number of amides is 1. The van der Waals surface area contributed by atoms with Crippen molar-refractivity contribution in [3.05, 3.63) is 46.4 Å². The Morgan fingerprint density at radius 3 is 2.70 bits per heavy atom. The van der Waals surface area contributed by atoms with Crippen LogP contribution in [0.25, 0.3) is 17.4 Å². The van der Waals surface area contributed by atoms with Crippen molar-refractivity contribution < 1.29 is 13.6 Å². The molecule has 20 heavy (non-hydrogen) atoms.